The molecule has 0 spiro atoms. The van der Waals surface area contributed by atoms with Gasteiger partial charge in [-0.05, 0) is 0 Å². The standard InChI is InChI=1S/2Cr.7O.Pb. The van der Waals surface area contributed by atoms with E-state index in [1.54, 1.807) is 0 Å². The second-order valence-electron chi connectivity index (χ2n) is 1.13. The second-order valence-corrected chi connectivity index (χ2v) is 11.3. The first-order chi connectivity index (χ1) is 4.41. The fraction of sp³-hybridized carbons (Fsp3) is 0. The van der Waals surface area contributed by atoms with Crippen LogP contribution in [0.3, 0.4) is 0 Å². The Morgan fingerprint density at radius 1 is 0.900 bits per heavy atom. The molecule has 0 bridgehead atoms. The molecule has 0 amide bonds. The van der Waals surface area contributed by atoms with Crippen LogP contribution in [0.2, 0.25) is 0 Å². The van der Waals surface area contributed by atoms with E-state index in [0.717, 1.165) is 0 Å². The molecule has 1 saturated heterocycles. The fourth-order valence-electron chi connectivity index (χ4n) is 0.227. The molecule has 0 unspecified atom stereocenters. The third-order valence-electron chi connectivity index (χ3n) is 0.439. The summed E-state index contributed by atoms with van der Waals surface area (Å²) in [7, 11) is 0. The van der Waals surface area contributed by atoms with Crippen LogP contribution in [0.15, 0.2) is 0 Å². The van der Waals surface area contributed by atoms with Crippen molar-refractivity contribution in [3.8, 4) is 0 Å². The molecule has 2 radical (unpaired) electrons. The van der Waals surface area contributed by atoms with Crippen molar-refractivity contribution in [2.75, 3.05) is 0 Å². The summed E-state index contributed by atoms with van der Waals surface area (Å²) in [6, 6.07) is 0. The monoisotopic (exact) mass is 424 g/mol. The summed E-state index contributed by atoms with van der Waals surface area (Å²) >= 11 is -12.4. The normalized spacial score (nSPS) is 29.6. The van der Waals surface area contributed by atoms with Crippen LogP contribution in [0.1, 0.15) is 0 Å². The van der Waals surface area contributed by atoms with Crippen molar-refractivity contribution in [3.05, 3.63) is 0 Å². The predicted molar refractivity (Wildman–Crippen MR) is 11.8 cm³/mol. The molecule has 1 heterocycles. The molecule has 0 aromatic heterocycles. The molecule has 0 aliphatic carbocycles. The molecule has 10 heavy (non-hydrogen) atoms. The van der Waals surface area contributed by atoms with Gasteiger partial charge in [0.1, 0.15) is 0 Å². The molecule has 0 atom stereocenters. The molecule has 1 rings (SSSR count). The van der Waals surface area contributed by atoms with Crippen molar-refractivity contribution in [2.24, 2.45) is 0 Å². The van der Waals surface area contributed by atoms with Crippen LogP contribution in [0.25, 0.3) is 0 Å². The van der Waals surface area contributed by atoms with Gasteiger partial charge in [0.25, 0.3) is 0 Å². The molecule has 0 aromatic carbocycles. The van der Waals surface area contributed by atoms with Crippen LogP contribution < -0.4 is 0 Å². The maximum atomic E-state index is 10.3. The van der Waals surface area contributed by atoms with E-state index in [1.807, 2.05) is 0 Å². The van der Waals surface area contributed by atoms with Crippen molar-refractivity contribution in [1.29, 1.82) is 0 Å². The van der Waals surface area contributed by atoms with Crippen LogP contribution in [-0.2, 0) is 48.8 Å². The molecular weight excluding hydrogens is 423 g/mol. The van der Waals surface area contributed by atoms with Gasteiger partial charge in [-0.25, -0.2) is 0 Å². The zero-order chi connectivity index (χ0) is 7.83. The summed E-state index contributed by atoms with van der Waals surface area (Å²) in [5, 5.41) is 0. The van der Waals surface area contributed by atoms with E-state index in [4.69, 9.17) is 0 Å². The number of rotatable bonds is 0. The number of hydrogen-bond donors (Lipinski definition) is 0. The Kier molecular flexibility index (Phi) is 2.60. The van der Waals surface area contributed by atoms with Gasteiger partial charge in [0.2, 0.25) is 0 Å². The quantitative estimate of drug-likeness (QED) is 0.458. The van der Waals surface area contributed by atoms with Gasteiger partial charge in [0.15, 0.2) is 0 Å². The zero-order valence-corrected chi connectivity index (χ0v) is 10.6. The average molecular weight is 423 g/mol. The van der Waals surface area contributed by atoms with Gasteiger partial charge < -0.3 is 0 Å². The van der Waals surface area contributed by atoms with Gasteiger partial charge in [-0.3, -0.25) is 0 Å². The Morgan fingerprint density at radius 3 is 1.50 bits per heavy atom. The molecule has 0 aromatic rings. The molecule has 0 saturated carbocycles. The first-order valence-corrected chi connectivity index (χ1v) is 9.08. The Hall–Kier alpha value is 1.07. The van der Waals surface area contributed by atoms with Crippen LogP contribution in [0.4, 0.5) is 0 Å². The molecular formula is Cr2O7Pb. The predicted octanol–water partition coefficient (Wildman–Crippen LogP) is -1.07. The maximum absolute atomic E-state index is 10.3. The van der Waals surface area contributed by atoms with E-state index >= 15 is 0 Å². The van der Waals surface area contributed by atoms with Gasteiger partial charge >= 0.3 is 73.9 Å². The van der Waals surface area contributed by atoms with Crippen molar-refractivity contribution >= 4 is 25.1 Å². The van der Waals surface area contributed by atoms with E-state index < -0.39 is 52.4 Å². The molecule has 0 N–H and O–H groups in total. The Labute approximate surface area is 73.3 Å². The zero-order valence-electron chi connectivity index (χ0n) is 4.17. The molecule has 1 fully saturated rings. The minimum absolute atomic E-state index is 2.39. The van der Waals surface area contributed by atoms with Gasteiger partial charge in [-0.2, -0.15) is 0 Å². The molecule has 7 nitrogen and oxygen atoms in total. The third-order valence-corrected chi connectivity index (χ3v) is 12.7. The van der Waals surface area contributed by atoms with Crippen molar-refractivity contribution in [3.63, 3.8) is 0 Å². The van der Waals surface area contributed by atoms with Gasteiger partial charge in [0, 0.05) is 0 Å². The van der Waals surface area contributed by atoms with Crippen LogP contribution in [-0.4, -0.2) is 25.1 Å². The van der Waals surface area contributed by atoms with E-state index in [-0.39, 0.29) is 0 Å². The summed E-state index contributed by atoms with van der Waals surface area (Å²) in [5.41, 5.74) is 0. The Morgan fingerprint density at radius 2 is 1.30 bits per heavy atom. The first kappa shape index (κ1) is 9.16. The first-order valence-electron chi connectivity index (χ1n) is 1.74. The summed E-state index contributed by atoms with van der Waals surface area (Å²) in [4.78, 5) is 0. The fourth-order valence-corrected chi connectivity index (χ4v) is 11.0. The van der Waals surface area contributed by atoms with E-state index in [0.29, 0.717) is 0 Å². The van der Waals surface area contributed by atoms with Crippen LogP contribution in [0.5, 0.6) is 0 Å². The van der Waals surface area contributed by atoms with Gasteiger partial charge in [0.05, 0.1) is 0 Å². The summed E-state index contributed by atoms with van der Waals surface area (Å²) in [6.07, 6.45) is 0. The minimum atomic E-state index is -4.99. The Balaban J connectivity index is 2.97. The van der Waals surface area contributed by atoms with E-state index in [9.17, 15) is 15.2 Å². The van der Waals surface area contributed by atoms with E-state index in [1.165, 1.54) is 0 Å². The average Bonchev–Trinajstić information content (AvgIpc) is 1.56. The molecule has 58 valence electrons. The topological polar surface area (TPSA) is 96.0 Å². The third kappa shape index (κ3) is 2.60. The summed E-state index contributed by atoms with van der Waals surface area (Å²) in [6.45, 7) is 0. The van der Waals surface area contributed by atoms with Crippen LogP contribution >= 0.6 is 0 Å². The van der Waals surface area contributed by atoms with Gasteiger partial charge in [-0.15, -0.1) is 0 Å². The van der Waals surface area contributed by atoms with Crippen LogP contribution in [0, 0.1) is 0 Å². The molecule has 10 heteroatoms. The van der Waals surface area contributed by atoms with E-state index in [2.05, 4.69) is 6.32 Å². The second kappa shape index (κ2) is 2.84. The SMILES string of the molecule is [O]=[Cr]1(=[O])[O][Pb][O][Cr](=[O])(=[O])[O]1. The molecule has 1 aliphatic rings. The molecule has 1 aliphatic heterocycles. The summed E-state index contributed by atoms with van der Waals surface area (Å²) in [5.74, 6) is 0. The van der Waals surface area contributed by atoms with Crippen molar-refractivity contribution in [1.82, 2.24) is 0 Å². The summed E-state index contributed by atoms with van der Waals surface area (Å²) < 4.78 is 52.8. The van der Waals surface area contributed by atoms with Crippen molar-refractivity contribution < 1.29 is 48.8 Å². The van der Waals surface area contributed by atoms with Crippen molar-refractivity contribution in [2.45, 2.75) is 0 Å². The number of hydrogen-bond acceptors (Lipinski definition) is 7. The Bertz CT molecular complexity index is 274. The van der Waals surface area contributed by atoms with Gasteiger partial charge in [-0.1, -0.05) is 0 Å².